The quantitative estimate of drug-likeness (QED) is 0.678. The SMILES string of the molecule is CN(CC(F)(F)F)S(=O)(=O)c1cc(F)ccc1N. The van der Waals surface area contributed by atoms with Crippen LogP contribution >= 0.6 is 0 Å². The Morgan fingerprint density at radius 2 is 1.89 bits per heavy atom. The van der Waals surface area contributed by atoms with Gasteiger partial charge in [-0.1, -0.05) is 0 Å². The molecule has 0 unspecified atom stereocenters. The van der Waals surface area contributed by atoms with E-state index in [9.17, 15) is 26.0 Å². The molecule has 0 saturated heterocycles. The molecule has 0 aliphatic carbocycles. The van der Waals surface area contributed by atoms with Crippen LogP contribution in [0.5, 0.6) is 0 Å². The van der Waals surface area contributed by atoms with Crippen LogP contribution < -0.4 is 5.73 Å². The summed E-state index contributed by atoms with van der Waals surface area (Å²) in [5.74, 6) is -0.900. The Kier molecular flexibility index (Phi) is 3.86. The molecule has 0 aromatic heterocycles. The highest BCUT2D eigenvalue weighted by molar-refractivity contribution is 7.89. The number of nitrogens with two attached hydrogens (primary N) is 1. The van der Waals surface area contributed by atoms with Crippen molar-refractivity contribution in [1.29, 1.82) is 0 Å². The number of nitrogens with zero attached hydrogens (tertiary/aromatic N) is 1. The second-order valence-electron chi connectivity index (χ2n) is 3.56. The van der Waals surface area contributed by atoms with Crippen LogP contribution in [-0.2, 0) is 10.0 Å². The van der Waals surface area contributed by atoms with Crippen molar-refractivity contribution >= 4 is 15.7 Å². The molecule has 1 aromatic rings. The lowest BCUT2D eigenvalue weighted by Gasteiger charge is -2.19. The molecule has 9 heteroatoms. The number of sulfonamides is 1. The number of alkyl halides is 3. The molecule has 4 nitrogen and oxygen atoms in total. The van der Waals surface area contributed by atoms with E-state index in [0.717, 1.165) is 19.2 Å². The maximum atomic E-state index is 12.9. The third-order valence-corrected chi connectivity index (χ3v) is 3.92. The third-order valence-electron chi connectivity index (χ3n) is 2.07. The van der Waals surface area contributed by atoms with Gasteiger partial charge in [-0.15, -0.1) is 0 Å². The van der Waals surface area contributed by atoms with Crippen molar-refractivity contribution in [2.75, 3.05) is 19.3 Å². The van der Waals surface area contributed by atoms with E-state index in [4.69, 9.17) is 5.73 Å². The molecule has 0 radical (unpaired) electrons. The first-order valence-electron chi connectivity index (χ1n) is 4.62. The zero-order chi connectivity index (χ0) is 14.1. The first-order valence-corrected chi connectivity index (χ1v) is 6.06. The number of rotatable bonds is 3. The van der Waals surface area contributed by atoms with Crippen LogP contribution in [0.25, 0.3) is 0 Å². The van der Waals surface area contributed by atoms with Crippen LogP contribution in [0.4, 0.5) is 23.2 Å². The van der Waals surface area contributed by atoms with E-state index in [2.05, 4.69) is 0 Å². The Morgan fingerprint density at radius 3 is 2.39 bits per heavy atom. The molecule has 0 aliphatic heterocycles. The largest absolute Gasteiger partial charge is 0.402 e. The van der Waals surface area contributed by atoms with Gasteiger partial charge in [-0.3, -0.25) is 0 Å². The molecule has 0 bridgehead atoms. The summed E-state index contributed by atoms with van der Waals surface area (Å²) in [6, 6.07) is 2.47. The standard InChI is InChI=1S/C9H10F4N2O2S/c1-15(5-9(11,12)13)18(16,17)8-4-6(10)2-3-7(8)14/h2-4H,5,14H2,1H3. The van der Waals surface area contributed by atoms with Gasteiger partial charge in [0.05, 0.1) is 5.69 Å². The van der Waals surface area contributed by atoms with Crippen molar-refractivity contribution in [3.05, 3.63) is 24.0 Å². The lowest BCUT2D eigenvalue weighted by molar-refractivity contribution is -0.134. The Labute approximate surface area is 101 Å². The average molecular weight is 286 g/mol. The van der Waals surface area contributed by atoms with E-state index in [1.807, 2.05) is 0 Å². The van der Waals surface area contributed by atoms with Crippen LogP contribution in [0.2, 0.25) is 0 Å². The van der Waals surface area contributed by atoms with E-state index in [0.29, 0.717) is 6.07 Å². The average Bonchev–Trinajstić information content (AvgIpc) is 2.19. The van der Waals surface area contributed by atoms with Gasteiger partial charge in [0.25, 0.3) is 0 Å². The summed E-state index contributed by atoms with van der Waals surface area (Å²) in [5, 5.41) is 0. The third kappa shape index (κ3) is 3.33. The number of nitrogen functional groups attached to an aromatic ring is 1. The Balaban J connectivity index is 3.17. The van der Waals surface area contributed by atoms with Crippen LogP contribution in [0.1, 0.15) is 0 Å². The molecule has 0 atom stereocenters. The predicted molar refractivity (Wildman–Crippen MR) is 56.7 cm³/mol. The minimum Gasteiger partial charge on any atom is -0.398 e. The van der Waals surface area contributed by atoms with Gasteiger partial charge in [-0.25, -0.2) is 12.8 Å². The van der Waals surface area contributed by atoms with Crippen LogP contribution in [0.15, 0.2) is 23.1 Å². The molecule has 2 N–H and O–H groups in total. The summed E-state index contributed by atoms with van der Waals surface area (Å²) in [5.41, 5.74) is 5.01. The summed E-state index contributed by atoms with van der Waals surface area (Å²) in [4.78, 5) is -0.686. The number of benzene rings is 1. The molecule has 1 aromatic carbocycles. The Morgan fingerprint density at radius 1 is 1.33 bits per heavy atom. The van der Waals surface area contributed by atoms with Crippen molar-refractivity contribution in [3.8, 4) is 0 Å². The summed E-state index contributed by atoms with van der Waals surface area (Å²) >= 11 is 0. The molecule has 0 amide bonds. The van der Waals surface area contributed by atoms with Crippen molar-refractivity contribution in [3.63, 3.8) is 0 Å². The number of hydrogen-bond donors (Lipinski definition) is 1. The molecule has 102 valence electrons. The van der Waals surface area contributed by atoms with Gasteiger partial charge >= 0.3 is 6.18 Å². The summed E-state index contributed by atoms with van der Waals surface area (Å²) in [7, 11) is -3.73. The van der Waals surface area contributed by atoms with Crippen LogP contribution in [-0.4, -0.2) is 32.5 Å². The summed E-state index contributed by atoms with van der Waals surface area (Å²) in [6.45, 7) is -1.68. The fourth-order valence-corrected chi connectivity index (χ4v) is 2.52. The molecule has 0 aliphatic rings. The normalized spacial score (nSPS) is 13.0. The van der Waals surface area contributed by atoms with Crippen molar-refractivity contribution in [2.24, 2.45) is 0 Å². The second kappa shape index (κ2) is 4.73. The molecule has 0 fully saturated rings. The topological polar surface area (TPSA) is 63.4 Å². The van der Waals surface area contributed by atoms with Crippen LogP contribution in [0, 0.1) is 5.82 Å². The van der Waals surface area contributed by atoms with Crippen molar-refractivity contribution in [1.82, 2.24) is 4.31 Å². The van der Waals surface area contributed by atoms with Gasteiger partial charge in [0.2, 0.25) is 10.0 Å². The Bertz CT molecular complexity index is 542. The van der Waals surface area contributed by atoms with E-state index in [-0.39, 0.29) is 9.99 Å². The first-order chi connectivity index (χ1) is 8.04. The summed E-state index contributed by atoms with van der Waals surface area (Å²) < 4.78 is 72.9. The fraction of sp³-hybridized carbons (Fsp3) is 0.333. The number of hydrogen-bond acceptors (Lipinski definition) is 3. The molecule has 0 spiro atoms. The molecule has 0 heterocycles. The second-order valence-corrected chi connectivity index (χ2v) is 5.57. The van der Waals surface area contributed by atoms with Gasteiger partial charge in [-0.05, 0) is 18.2 Å². The fourth-order valence-electron chi connectivity index (χ4n) is 1.24. The van der Waals surface area contributed by atoms with Gasteiger partial charge in [0.1, 0.15) is 17.3 Å². The number of halogens is 4. The molecular weight excluding hydrogens is 276 g/mol. The van der Waals surface area contributed by atoms with Gasteiger partial charge in [-0.2, -0.15) is 17.5 Å². The Hall–Kier alpha value is -1.35. The highest BCUT2D eigenvalue weighted by atomic mass is 32.2. The van der Waals surface area contributed by atoms with Gasteiger partial charge in [0.15, 0.2) is 0 Å². The van der Waals surface area contributed by atoms with E-state index in [1.54, 1.807) is 0 Å². The van der Waals surface area contributed by atoms with Crippen molar-refractivity contribution < 1.29 is 26.0 Å². The minimum atomic E-state index is -4.69. The maximum Gasteiger partial charge on any atom is 0.402 e. The molecule has 0 saturated carbocycles. The first kappa shape index (κ1) is 14.7. The zero-order valence-electron chi connectivity index (χ0n) is 9.20. The number of anilines is 1. The minimum absolute atomic E-state index is 0.0676. The monoisotopic (exact) mass is 286 g/mol. The molecule has 18 heavy (non-hydrogen) atoms. The highest BCUT2D eigenvalue weighted by Crippen LogP contribution is 2.25. The zero-order valence-corrected chi connectivity index (χ0v) is 10.0. The molecular formula is C9H10F4N2O2S. The molecule has 1 rings (SSSR count). The van der Waals surface area contributed by atoms with E-state index < -0.39 is 33.5 Å². The summed E-state index contributed by atoms with van der Waals surface area (Å²) in [6.07, 6.45) is -4.69. The van der Waals surface area contributed by atoms with E-state index in [1.165, 1.54) is 0 Å². The lowest BCUT2D eigenvalue weighted by atomic mass is 10.3. The van der Waals surface area contributed by atoms with Gasteiger partial charge in [0, 0.05) is 7.05 Å². The maximum absolute atomic E-state index is 12.9. The van der Waals surface area contributed by atoms with Gasteiger partial charge < -0.3 is 5.73 Å². The lowest BCUT2D eigenvalue weighted by Crippen LogP contribution is -2.36. The van der Waals surface area contributed by atoms with Crippen molar-refractivity contribution in [2.45, 2.75) is 11.1 Å². The smallest absolute Gasteiger partial charge is 0.398 e. The van der Waals surface area contributed by atoms with Crippen LogP contribution in [0.3, 0.4) is 0 Å². The highest BCUT2D eigenvalue weighted by Gasteiger charge is 2.35. The van der Waals surface area contributed by atoms with E-state index >= 15 is 0 Å². The predicted octanol–water partition coefficient (Wildman–Crippen LogP) is 1.59.